The second kappa shape index (κ2) is 5.89. The minimum Gasteiger partial charge on any atom is -0.418 e. The molecule has 0 aromatic carbocycles. The van der Waals surface area contributed by atoms with Gasteiger partial charge in [0.25, 0.3) is 0 Å². The summed E-state index contributed by atoms with van der Waals surface area (Å²) in [6.45, 7) is 7.26. The highest BCUT2D eigenvalue weighted by Crippen LogP contribution is 1.97. The Morgan fingerprint density at radius 1 is 1.50 bits per heavy atom. The van der Waals surface area contributed by atoms with Crippen LogP contribution in [0.15, 0.2) is 0 Å². The third kappa shape index (κ3) is 4.03. The molecule has 0 saturated carbocycles. The summed E-state index contributed by atoms with van der Waals surface area (Å²) in [5.74, 6) is 0. The van der Waals surface area contributed by atoms with Gasteiger partial charge in [-0.3, -0.25) is 0 Å². The molecule has 0 aromatic rings. The van der Waals surface area contributed by atoms with E-state index in [9.17, 15) is 0 Å². The average molecular weight is 162 g/mol. The third-order valence-electron chi connectivity index (χ3n) is 1.62. The Balaban J connectivity index is 3.31. The molecular weight excluding hydrogens is 144 g/mol. The van der Waals surface area contributed by atoms with Crippen molar-refractivity contribution in [2.45, 2.75) is 32.5 Å². The average Bonchev–Trinajstić information content (AvgIpc) is 1.98. The predicted octanol–water partition coefficient (Wildman–Crippen LogP) is 1.34. The van der Waals surface area contributed by atoms with E-state index in [4.69, 9.17) is 9.16 Å². The van der Waals surface area contributed by atoms with E-state index in [0.717, 1.165) is 13.0 Å². The molecule has 0 saturated heterocycles. The standard InChI is InChI=1S/C7H18O2Si/c1-5-6-9-10(4)7(2)8-3/h7,10H,5-6H2,1-4H3. The summed E-state index contributed by atoms with van der Waals surface area (Å²) in [7, 11) is 0.703. The van der Waals surface area contributed by atoms with Crippen LogP contribution in [-0.4, -0.2) is 28.5 Å². The Morgan fingerprint density at radius 3 is 2.50 bits per heavy atom. The van der Waals surface area contributed by atoms with Crippen molar-refractivity contribution in [3.05, 3.63) is 0 Å². The van der Waals surface area contributed by atoms with Crippen molar-refractivity contribution in [2.75, 3.05) is 13.7 Å². The van der Waals surface area contributed by atoms with Crippen LogP contribution in [0.2, 0.25) is 6.55 Å². The van der Waals surface area contributed by atoms with Gasteiger partial charge in [0, 0.05) is 13.7 Å². The van der Waals surface area contributed by atoms with E-state index in [1.165, 1.54) is 0 Å². The first-order chi connectivity index (χ1) is 4.72. The fourth-order valence-corrected chi connectivity index (χ4v) is 1.89. The number of hydrogen-bond donors (Lipinski definition) is 0. The van der Waals surface area contributed by atoms with Crippen LogP contribution in [-0.2, 0) is 9.16 Å². The van der Waals surface area contributed by atoms with Crippen molar-refractivity contribution in [3.63, 3.8) is 0 Å². The second-order valence-electron chi connectivity index (χ2n) is 2.52. The molecule has 0 radical (unpaired) electrons. The predicted molar refractivity (Wildman–Crippen MR) is 45.7 cm³/mol. The molecule has 2 atom stereocenters. The number of rotatable bonds is 5. The van der Waals surface area contributed by atoms with Gasteiger partial charge in [0.15, 0.2) is 0 Å². The summed E-state index contributed by atoms with van der Waals surface area (Å²) < 4.78 is 10.7. The van der Waals surface area contributed by atoms with Gasteiger partial charge in [0.1, 0.15) is 0 Å². The van der Waals surface area contributed by atoms with Crippen LogP contribution < -0.4 is 0 Å². The molecule has 0 N–H and O–H groups in total. The number of hydrogen-bond acceptors (Lipinski definition) is 2. The highest BCUT2D eigenvalue weighted by molar-refractivity contribution is 6.51. The van der Waals surface area contributed by atoms with Gasteiger partial charge >= 0.3 is 0 Å². The zero-order valence-electron chi connectivity index (χ0n) is 7.39. The quantitative estimate of drug-likeness (QED) is 0.568. The lowest BCUT2D eigenvalue weighted by molar-refractivity contribution is 0.152. The topological polar surface area (TPSA) is 18.5 Å². The van der Waals surface area contributed by atoms with Crippen molar-refractivity contribution in [1.29, 1.82) is 0 Å². The Labute approximate surface area is 65.3 Å². The zero-order chi connectivity index (χ0) is 7.98. The summed E-state index contributed by atoms with van der Waals surface area (Å²) in [6.07, 6.45) is 1.10. The van der Waals surface area contributed by atoms with Crippen molar-refractivity contribution < 1.29 is 9.16 Å². The molecule has 0 bridgehead atoms. The van der Waals surface area contributed by atoms with Gasteiger partial charge < -0.3 is 9.16 Å². The molecule has 0 aromatic heterocycles. The SMILES string of the molecule is CCCO[SiH](C)C(C)OC. The number of methoxy groups -OCH3 is 1. The fourth-order valence-electron chi connectivity index (χ4n) is 0.631. The van der Waals surface area contributed by atoms with Crippen LogP contribution in [0.1, 0.15) is 20.3 Å². The van der Waals surface area contributed by atoms with E-state index < -0.39 is 9.04 Å². The molecule has 3 heteroatoms. The lowest BCUT2D eigenvalue weighted by atomic mass is 10.5. The van der Waals surface area contributed by atoms with Crippen LogP contribution in [0.4, 0.5) is 0 Å². The van der Waals surface area contributed by atoms with Crippen molar-refractivity contribution in [2.24, 2.45) is 0 Å². The van der Waals surface area contributed by atoms with Gasteiger partial charge in [0.2, 0.25) is 9.04 Å². The maximum absolute atomic E-state index is 5.56. The fraction of sp³-hybridized carbons (Fsp3) is 1.00. The van der Waals surface area contributed by atoms with Crippen LogP contribution >= 0.6 is 0 Å². The summed E-state index contributed by atoms with van der Waals surface area (Å²) in [5.41, 5.74) is 0.339. The van der Waals surface area contributed by atoms with E-state index in [1.54, 1.807) is 7.11 Å². The molecule has 0 aliphatic heterocycles. The highest BCUT2D eigenvalue weighted by atomic mass is 28.3. The van der Waals surface area contributed by atoms with E-state index >= 15 is 0 Å². The summed E-state index contributed by atoms with van der Waals surface area (Å²) in [6, 6.07) is 0. The summed E-state index contributed by atoms with van der Waals surface area (Å²) >= 11 is 0. The highest BCUT2D eigenvalue weighted by Gasteiger charge is 2.12. The van der Waals surface area contributed by atoms with Crippen molar-refractivity contribution in [3.8, 4) is 0 Å². The van der Waals surface area contributed by atoms with Gasteiger partial charge in [-0.2, -0.15) is 0 Å². The van der Waals surface area contributed by atoms with Crippen LogP contribution in [0.25, 0.3) is 0 Å². The first-order valence-electron chi connectivity index (χ1n) is 3.86. The summed E-state index contributed by atoms with van der Waals surface area (Å²) in [5, 5.41) is 0. The van der Waals surface area contributed by atoms with E-state index in [0.29, 0.717) is 5.73 Å². The Morgan fingerprint density at radius 2 is 2.10 bits per heavy atom. The van der Waals surface area contributed by atoms with Gasteiger partial charge in [-0.15, -0.1) is 0 Å². The molecule has 0 heterocycles. The Bertz CT molecular complexity index is 78.0. The van der Waals surface area contributed by atoms with Gasteiger partial charge in [-0.05, 0) is 19.9 Å². The first-order valence-corrected chi connectivity index (χ1v) is 6.16. The molecule has 0 aliphatic carbocycles. The first kappa shape index (κ1) is 10.1. The smallest absolute Gasteiger partial charge is 0.201 e. The van der Waals surface area contributed by atoms with Crippen LogP contribution in [0.3, 0.4) is 0 Å². The summed E-state index contributed by atoms with van der Waals surface area (Å²) in [4.78, 5) is 0. The molecule has 0 rings (SSSR count). The zero-order valence-corrected chi connectivity index (χ0v) is 8.54. The minimum absolute atomic E-state index is 0.339. The van der Waals surface area contributed by atoms with E-state index in [1.807, 2.05) is 0 Å². The molecule has 0 spiro atoms. The molecule has 2 unspecified atom stereocenters. The largest absolute Gasteiger partial charge is 0.418 e. The number of ether oxygens (including phenoxy) is 1. The second-order valence-corrected chi connectivity index (χ2v) is 5.20. The monoisotopic (exact) mass is 162 g/mol. The van der Waals surface area contributed by atoms with Crippen molar-refractivity contribution >= 4 is 9.04 Å². The molecule has 0 amide bonds. The molecule has 0 fully saturated rings. The normalized spacial score (nSPS) is 16.8. The molecular formula is C7H18O2Si. The maximum Gasteiger partial charge on any atom is 0.201 e. The Kier molecular flexibility index (Phi) is 5.97. The van der Waals surface area contributed by atoms with E-state index in [-0.39, 0.29) is 0 Å². The molecule has 10 heavy (non-hydrogen) atoms. The van der Waals surface area contributed by atoms with Crippen LogP contribution in [0.5, 0.6) is 0 Å². The molecule has 2 nitrogen and oxygen atoms in total. The Hall–Kier alpha value is 0.137. The third-order valence-corrected chi connectivity index (χ3v) is 3.97. The van der Waals surface area contributed by atoms with Gasteiger partial charge in [0.05, 0.1) is 5.73 Å². The van der Waals surface area contributed by atoms with Crippen LogP contribution in [0, 0.1) is 0 Å². The lowest BCUT2D eigenvalue weighted by Crippen LogP contribution is -2.30. The lowest BCUT2D eigenvalue weighted by Gasteiger charge is -2.16. The maximum atomic E-state index is 5.56. The van der Waals surface area contributed by atoms with Gasteiger partial charge in [-0.25, -0.2) is 0 Å². The molecule has 0 aliphatic rings. The van der Waals surface area contributed by atoms with Gasteiger partial charge in [-0.1, -0.05) is 6.92 Å². The van der Waals surface area contributed by atoms with Crippen molar-refractivity contribution in [1.82, 2.24) is 0 Å². The minimum atomic E-state index is -1.04. The molecule has 62 valence electrons. The van der Waals surface area contributed by atoms with E-state index in [2.05, 4.69) is 20.4 Å².